The number of piperidine rings is 1. The standard InChI is InChI=1S/C20H24ClN3O4S3/c1-13(19(25)23-8-3-2-4-9-23)24-10-7-15(20(24)26)22-31(27,28)17-12-14(21)18(30-17)16-6-5-11-29-16/h5-6,11-13,15,22H,2-4,7-10H2,1H3/t13-,15-/m0/s1. The molecule has 2 aliphatic heterocycles. The number of sulfonamides is 1. The minimum atomic E-state index is -3.91. The van der Waals surface area contributed by atoms with Crippen molar-refractivity contribution in [1.29, 1.82) is 0 Å². The van der Waals surface area contributed by atoms with Crippen molar-refractivity contribution in [3.63, 3.8) is 0 Å². The second-order valence-corrected chi connectivity index (χ2v) is 12.1. The summed E-state index contributed by atoms with van der Waals surface area (Å²) in [5.41, 5.74) is 0. The van der Waals surface area contributed by atoms with Gasteiger partial charge in [-0.15, -0.1) is 22.7 Å². The van der Waals surface area contributed by atoms with Crippen molar-refractivity contribution in [3.05, 3.63) is 28.6 Å². The predicted molar refractivity (Wildman–Crippen MR) is 123 cm³/mol. The van der Waals surface area contributed by atoms with Crippen LogP contribution in [0.25, 0.3) is 9.75 Å². The van der Waals surface area contributed by atoms with E-state index in [1.54, 1.807) is 11.8 Å². The normalized spacial score (nSPS) is 21.0. The highest BCUT2D eigenvalue weighted by molar-refractivity contribution is 7.91. The van der Waals surface area contributed by atoms with Crippen molar-refractivity contribution >= 4 is 56.1 Å². The number of rotatable bonds is 6. The molecule has 2 aromatic heterocycles. The number of amides is 2. The lowest BCUT2D eigenvalue weighted by Crippen LogP contribution is -2.51. The van der Waals surface area contributed by atoms with Crippen LogP contribution in [-0.4, -0.2) is 61.7 Å². The molecule has 0 spiro atoms. The Balaban J connectivity index is 1.44. The minimum Gasteiger partial charge on any atom is -0.341 e. The summed E-state index contributed by atoms with van der Waals surface area (Å²) < 4.78 is 28.4. The summed E-state index contributed by atoms with van der Waals surface area (Å²) in [6.45, 7) is 3.50. The van der Waals surface area contributed by atoms with Gasteiger partial charge in [0.25, 0.3) is 10.0 Å². The highest BCUT2D eigenvalue weighted by Crippen LogP contribution is 2.40. The first-order valence-corrected chi connectivity index (χ1v) is 13.8. The van der Waals surface area contributed by atoms with Gasteiger partial charge in [-0.2, -0.15) is 4.72 Å². The average molecular weight is 502 g/mol. The topological polar surface area (TPSA) is 86.8 Å². The largest absolute Gasteiger partial charge is 0.341 e. The van der Waals surface area contributed by atoms with Crippen LogP contribution in [0.15, 0.2) is 27.8 Å². The molecular weight excluding hydrogens is 478 g/mol. The third-order valence-corrected chi connectivity index (χ3v) is 10.2. The zero-order chi connectivity index (χ0) is 22.2. The van der Waals surface area contributed by atoms with E-state index in [4.69, 9.17) is 11.6 Å². The van der Waals surface area contributed by atoms with Crippen molar-refractivity contribution in [2.24, 2.45) is 0 Å². The lowest BCUT2D eigenvalue weighted by atomic mass is 10.1. The van der Waals surface area contributed by atoms with E-state index in [9.17, 15) is 18.0 Å². The third-order valence-electron chi connectivity index (χ3n) is 5.70. The highest BCUT2D eigenvalue weighted by Gasteiger charge is 2.40. The molecule has 0 bridgehead atoms. The Labute approximate surface area is 195 Å². The SMILES string of the molecule is C[C@@H](C(=O)N1CCCCC1)N1CC[C@H](NS(=O)(=O)c2cc(Cl)c(-c3cccs3)s2)C1=O. The number of carbonyl (C=O) groups excluding carboxylic acids is 2. The molecule has 7 nitrogen and oxygen atoms in total. The van der Waals surface area contributed by atoms with Gasteiger partial charge in [0.05, 0.1) is 9.90 Å². The second-order valence-electron chi connectivity index (χ2n) is 7.78. The molecule has 2 aromatic rings. The summed E-state index contributed by atoms with van der Waals surface area (Å²) in [5.74, 6) is -0.426. The van der Waals surface area contributed by atoms with E-state index in [0.717, 1.165) is 35.5 Å². The van der Waals surface area contributed by atoms with Crippen LogP contribution in [0.5, 0.6) is 0 Å². The molecule has 0 aromatic carbocycles. The van der Waals surface area contributed by atoms with Crippen LogP contribution in [0, 0.1) is 0 Å². The summed E-state index contributed by atoms with van der Waals surface area (Å²) >= 11 is 8.83. The van der Waals surface area contributed by atoms with Crippen molar-refractivity contribution in [3.8, 4) is 9.75 Å². The molecular formula is C20H24ClN3O4S3. The molecule has 31 heavy (non-hydrogen) atoms. The van der Waals surface area contributed by atoms with E-state index in [-0.39, 0.29) is 16.0 Å². The predicted octanol–water partition coefficient (Wildman–Crippen LogP) is 3.41. The Bertz CT molecular complexity index is 1060. The van der Waals surface area contributed by atoms with Crippen LogP contribution in [0.4, 0.5) is 0 Å². The number of hydrogen-bond donors (Lipinski definition) is 1. The summed E-state index contributed by atoms with van der Waals surface area (Å²) in [6.07, 6.45) is 3.40. The van der Waals surface area contributed by atoms with Gasteiger partial charge in [-0.1, -0.05) is 17.7 Å². The van der Waals surface area contributed by atoms with Gasteiger partial charge in [0.15, 0.2) is 0 Å². The summed E-state index contributed by atoms with van der Waals surface area (Å²) in [7, 11) is -3.91. The first-order valence-electron chi connectivity index (χ1n) is 10.2. The molecule has 4 heterocycles. The Kier molecular flexibility index (Phi) is 6.73. The molecule has 1 N–H and O–H groups in total. The van der Waals surface area contributed by atoms with E-state index >= 15 is 0 Å². The Morgan fingerprint density at radius 3 is 2.68 bits per heavy atom. The van der Waals surface area contributed by atoms with Crippen molar-refractivity contribution in [1.82, 2.24) is 14.5 Å². The Morgan fingerprint density at radius 1 is 1.26 bits per heavy atom. The molecule has 11 heteroatoms. The second kappa shape index (κ2) is 9.19. The molecule has 0 saturated carbocycles. The van der Waals surface area contributed by atoms with Gasteiger partial charge in [0, 0.05) is 24.5 Å². The maximum absolute atomic E-state index is 12.9. The average Bonchev–Trinajstić information content (AvgIpc) is 3.49. The number of nitrogens with zero attached hydrogens (tertiary/aromatic N) is 2. The molecule has 2 amide bonds. The molecule has 0 unspecified atom stereocenters. The lowest BCUT2D eigenvalue weighted by Gasteiger charge is -2.32. The van der Waals surface area contributed by atoms with Gasteiger partial charge in [0.1, 0.15) is 16.3 Å². The summed E-state index contributed by atoms with van der Waals surface area (Å²) in [4.78, 5) is 30.6. The monoisotopic (exact) mass is 501 g/mol. The van der Waals surface area contributed by atoms with E-state index in [1.807, 2.05) is 17.5 Å². The van der Waals surface area contributed by atoms with E-state index in [0.29, 0.717) is 36.0 Å². The van der Waals surface area contributed by atoms with E-state index < -0.39 is 22.1 Å². The summed E-state index contributed by atoms with van der Waals surface area (Å²) in [5, 5.41) is 2.27. The fraction of sp³-hybridized carbons (Fsp3) is 0.500. The van der Waals surface area contributed by atoms with Crippen molar-refractivity contribution < 1.29 is 18.0 Å². The first kappa shape index (κ1) is 22.7. The molecule has 0 radical (unpaired) electrons. The Hall–Kier alpha value is -1.46. The van der Waals surface area contributed by atoms with Gasteiger partial charge in [-0.3, -0.25) is 9.59 Å². The van der Waals surface area contributed by atoms with E-state index in [1.165, 1.54) is 22.3 Å². The van der Waals surface area contributed by atoms with Crippen LogP contribution >= 0.6 is 34.3 Å². The third kappa shape index (κ3) is 4.68. The van der Waals surface area contributed by atoms with Gasteiger partial charge in [0.2, 0.25) is 11.8 Å². The molecule has 2 aliphatic rings. The number of likely N-dealkylation sites (tertiary alicyclic amines) is 2. The smallest absolute Gasteiger partial charge is 0.250 e. The Morgan fingerprint density at radius 2 is 2.00 bits per heavy atom. The fourth-order valence-corrected chi connectivity index (χ4v) is 7.99. The zero-order valence-corrected chi connectivity index (χ0v) is 20.2. The number of nitrogens with one attached hydrogen (secondary N) is 1. The molecule has 2 fully saturated rings. The number of carbonyl (C=O) groups is 2. The van der Waals surface area contributed by atoms with Gasteiger partial charge in [-0.05, 0) is 50.1 Å². The maximum Gasteiger partial charge on any atom is 0.250 e. The number of thiophene rings is 2. The molecule has 2 atom stereocenters. The maximum atomic E-state index is 12.9. The first-order chi connectivity index (χ1) is 14.8. The highest BCUT2D eigenvalue weighted by atomic mass is 35.5. The van der Waals surface area contributed by atoms with Gasteiger partial charge < -0.3 is 9.80 Å². The molecule has 2 saturated heterocycles. The van der Waals surface area contributed by atoms with Crippen LogP contribution in [0.1, 0.15) is 32.6 Å². The van der Waals surface area contributed by atoms with Crippen LogP contribution < -0.4 is 4.72 Å². The van der Waals surface area contributed by atoms with Crippen molar-refractivity contribution in [2.45, 2.75) is 48.9 Å². The van der Waals surface area contributed by atoms with Crippen molar-refractivity contribution in [2.75, 3.05) is 19.6 Å². The van der Waals surface area contributed by atoms with Crippen LogP contribution in [0.2, 0.25) is 5.02 Å². The van der Waals surface area contributed by atoms with Crippen LogP contribution in [0.3, 0.4) is 0 Å². The number of halogens is 1. The fourth-order valence-electron chi connectivity index (χ4n) is 4.01. The lowest BCUT2D eigenvalue weighted by molar-refractivity contribution is -0.143. The van der Waals surface area contributed by atoms with E-state index in [2.05, 4.69) is 4.72 Å². The minimum absolute atomic E-state index is 0.0674. The van der Waals surface area contributed by atoms with Gasteiger partial charge >= 0.3 is 0 Å². The quantitative estimate of drug-likeness (QED) is 0.657. The van der Waals surface area contributed by atoms with Gasteiger partial charge in [-0.25, -0.2) is 8.42 Å². The summed E-state index contributed by atoms with van der Waals surface area (Å²) in [6, 6.07) is 3.70. The molecule has 4 rings (SSSR count). The van der Waals surface area contributed by atoms with Crippen LogP contribution in [-0.2, 0) is 19.6 Å². The molecule has 0 aliphatic carbocycles. The zero-order valence-electron chi connectivity index (χ0n) is 17.0. The number of hydrogen-bond acceptors (Lipinski definition) is 6. The molecule has 168 valence electrons.